The molecule has 100 valence electrons. The lowest BCUT2D eigenvalue weighted by molar-refractivity contribution is 0.232. The summed E-state index contributed by atoms with van der Waals surface area (Å²) in [7, 11) is 0. The van der Waals surface area contributed by atoms with Crippen LogP contribution in [-0.4, -0.2) is 35.0 Å². The zero-order chi connectivity index (χ0) is 12.7. The number of hydrogen-bond acceptors (Lipinski definition) is 3. The summed E-state index contributed by atoms with van der Waals surface area (Å²) >= 11 is 6.46. The SMILES string of the molecule is C=C(CCN1CCCCC1)SCCC(C)(C)S. The first-order valence-corrected chi connectivity index (χ1v) is 8.16. The average Bonchev–Trinajstić information content (AvgIpc) is 2.26. The van der Waals surface area contributed by atoms with Gasteiger partial charge in [0.15, 0.2) is 0 Å². The van der Waals surface area contributed by atoms with Crippen molar-refractivity contribution in [1.82, 2.24) is 4.90 Å². The fourth-order valence-corrected chi connectivity index (χ4v) is 3.38. The predicted molar refractivity (Wildman–Crippen MR) is 84.2 cm³/mol. The van der Waals surface area contributed by atoms with Crippen LogP contribution < -0.4 is 0 Å². The Morgan fingerprint density at radius 2 is 1.94 bits per heavy atom. The summed E-state index contributed by atoms with van der Waals surface area (Å²) in [5, 5.41) is 0. The van der Waals surface area contributed by atoms with E-state index in [1.807, 2.05) is 11.8 Å². The van der Waals surface area contributed by atoms with Crippen molar-refractivity contribution in [2.24, 2.45) is 0 Å². The van der Waals surface area contributed by atoms with Crippen LogP contribution in [0.4, 0.5) is 0 Å². The second-order valence-electron chi connectivity index (χ2n) is 5.60. The topological polar surface area (TPSA) is 3.24 Å². The minimum atomic E-state index is 0.153. The van der Waals surface area contributed by atoms with E-state index in [-0.39, 0.29) is 4.75 Å². The minimum absolute atomic E-state index is 0.153. The highest BCUT2D eigenvalue weighted by Gasteiger charge is 2.12. The van der Waals surface area contributed by atoms with E-state index in [1.54, 1.807) is 0 Å². The third kappa shape index (κ3) is 8.17. The number of hydrogen-bond donors (Lipinski definition) is 1. The van der Waals surface area contributed by atoms with Gasteiger partial charge in [-0.25, -0.2) is 0 Å². The van der Waals surface area contributed by atoms with Gasteiger partial charge in [0.2, 0.25) is 0 Å². The molecular weight excluding hydrogens is 246 g/mol. The molecule has 0 radical (unpaired) electrons. The van der Waals surface area contributed by atoms with Crippen LogP contribution in [0.1, 0.15) is 46.0 Å². The van der Waals surface area contributed by atoms with Crippen molar-refractivity contribution in [2.45, 2.75) is 50.7 Å². The van der Waals surface area contributed by atoms with Crippen LogP contribution >= 0.6 is 24.4 Å². The summed E-state index contributed by atoms with van der Waals surface area (Å²) in [6.45, 7) is 12.3. The van der Waals surface area contributed by atoms with E-state index in [1.165, 1.54) is 43.8 Å². The Kier molecular flexibility index (Phi) is 7.05. The van der Waals surface area contributed by atoms with Crippen molar-refractivity contribution in [3.8, 4) is 0 Å². The molecule has 0 saturated carbocycles. The van der Waals surface area contributed by atoms with Gasteiger partial charge in [-0.1, -0.05) is 26.8 Å². The summed E-state index contributed by atoms with van der Waals surface area (Å²) < 4.78 is 0.153. The molecule has 3 heteroatoms. The highest BCUT2D eigenvalue weighted by molar-refractivity contribution is 8.03. The summed E-state index contributed by atoms with van der Waals surface area (Å²) in [6.07, 6.45) is 6.48. The van der Waals surface area contributed by atoms with Crippen molar-refractivity contribution in [2.75, 3.05) is 25.4 Å². The highest BCUT2D eigenvalue weighted by Crippen LogP contribution is 2.25. The van der Waals surface area contributed by atoms with Gasteiger partial charge in [-0.2, -0.15) is 12.6 Å². The lowest BCUT2D eigenvalue weighted by Crippen LogP contribution is -2.30. The smallest absolute Gasteiger partial charge is 0.00811 e. The fourth-order valence-electron chi connectivity index (χ4n) is 1.98. The molecule has 0 spiro atoms. The molecule has 1 saturated heterocycles. The third-order valence-corrected chi connectivity index (χ3v) is 4.42. The van der Waals surface area contributed by atoms with Crippen LogP contribution in [0.3, 0.4) is 0 Å². The molecule has 0 aromatic rings. The van der Waals surface area contributed by atoms with Gasteiger partial charge >= 0.3 is 0 Å². The first kappa shape index (κ1) is 15.5. The van der Waals surface area contributed by atoms with Crippen molar-refractivity contribution in [3.63, 3.8) is 0 Å². The first-order chi connectivity index (χ1) is 7.97. The molecule has 0 aromatic heterocycles. The Morgan fingerprint density at radius 1 is 1.29 bits per heavy atom. The molecule has 1 aliphatic rings. The third-order valence-electron chi connectivity index (χ3n) is 3.18. The molecule has 0 atom stereocenters. The lowest BCUT2D eigenvalue weighted by Gasteiger charge is -2.26. The summed E-state index contributed by atoms with van der Waals surface area (Å²) in [5.41, 5.74) is 0. The van der Waals surface area contributed by atoms with Crippen LogP contribution in [0, 0.1) is 0 Å². The molecule has 0 unspecified atom stereocenters. The van der Waals surface area contributed by atoms with E-state index in [9.17, 15) is 0 Å². The van der Waals surface area contributed by atoms with E-state index in [0.29, 0.717) is 0 Å². The zero-order valence-corrected chi connectivity index (χ0v) is 13.1. The molecule has 0 aliphatic carbocycles. The average molecular weight is 274 g/mol. The second kappa shape index (κ2) is 7.75. The molecule has 17 heavy (non-hydrogen) atoms. The molecule has 1 nitrogen and oxygen atoms in total. The molecule has 0 N–H and O–H groups in total. The molecular formula is C14H27NS2. The largest absolute Gasteiger partial charge is 0.303 e. The Balaban J connectivity index is 2.04. The van der Waals surface area contributed by atoms with Gasteiger partial charge < -0.3 is 4.90 Å². The number of thioether (sulfide) groups is 1. The molecule has 1 aliphatic heterocycles. The Hall–Kier alpha value is 0.400. The normalized spacial score (nSPS) is 18.3. The summed E-state index contributed by atoms with van der Waals surface area (Å²) in [5.74, 6) is 1.15. The number of likely N-dealkylation sites (tertiary alicyclic amines) is 1. The number of piperidine rings is 1. The van der Waals surface area contributed by atoms with Gasteiger partial charge in [-0.3, -0.25) is 0 Å². The number of nitrogens with zero attached hydrogens (tertiary/aromatic N) is 1. The van der Waals surface area contributed by atoms with E-state index in [4.69, 9.17) is 0 Å². The van der Waals surface area contributed by atoms with Crippen molar-refractivity contribution >= 4 is 24.4 Å². The highest BCUT2D eigenvalue weighted by atomic mass is 32.2. The van der Waals surface area contributed by atoms with Gasteiger partial charge in [-0.15, -0.1) is 11.8 Å². The van der Waals surface area contributed by atoms with Gasteiger partial charge in [0.25, 0.3) is 0 Å². The van der Waals surface area contributed by atoms with Crippen LogP contribution in [0.5, 0.6) is 0 Å². The zero-order valence-electron chi connectivity index (χ0n) is 11.4. The maximum absolute atomic E-state index is 4.54. The van der Waals surface area contributed by atoms with Crippen LogP contribution in [0.25, 0.3) is 0 Å². The molecule has 0 bridgehead atoms. The standard InChI is InChI=1S/C14H27NS2/c1-13(17-12-8-14(2,3)16)7-11-15-9-5-4-6-10-15/h16H,1,4-12H2,2-3H3. The monoisotopic (exact) mass is 273 g/mol. The molecule has 0 amide bonds. The van der Waals surface area contributed by atoms with Crippen molar-refractivity contribution in [3.05, 3.63) is 11.5 Å². The lowest BCUT2D eigenvalue weighted by atomic mass is 10.1. The van der Waals surface area contributed by atoms with Gasteiger partial charge in [-0.05, 0) is 49.4 Å². The Bertz CT molecular complexity index is 227. The van der Waals surface area contributed by atoms with Crippen molar-refractivity contribution in [1.29, 1.82) is 0 Å². The summed E-state index contributed by atoms with van der Waals surface area (Å²) in [4.78, 5) is 3.92. The van der Waals surface area contributed by atoms with E-state index in [0.717, 1.165) is 18.6 Å². The second-order valence-corrected chi connectivity index (χ2v) is 8.09. The van der Waals surface area contributed by atoms with Crippen LogP contribution in [-0.2, 0) is 0 Å². The molecule has 1 rings (SSSR count). The maximum atomic E-state index is 4.54. The van der Waals surface area contributed by atoms with Crippen LogP contribution in [0.2, 0.25) is 0 Å². The Morgan fingerprint density at radius 3 is 2.53 bits per heavy atom. The fraction of sp³-hybridized carbons (Fsp3) is 0.857. The minimum Gasteiger partial charge on any atom is -0.303 e. The first-order valence-electron chi connectivity index (χ1n) is 6.73. The molecule has 1 fully saturated rings. The van der Waals surface area contributed by atoms with Gasteiger partial charge in [0, 0.05) is 11.3 Å². The molecule has 1 heterocycles. The van der Waals surface area contributed by atoms with Gasteiger partial charge in [0.05, 0.1) is 0 Å². The van der Waals surface area contributed by atoms with Crippen LogP contribution in [0.15, 0.2) is 11.5 Å². The van der Waals surface area contributed by atoms with Crippen molar-refractivity contribution < 1.29 is 0 Å². The van der Waals surface area contributed by atoms with E-state index < -0.39 is 0 Å². The molecule has 0 aromatic carbocycles. The summed E-state index contributed by atoms with van der Waals surface area (Å²) in [6, 6.07) is 0. The number of rotatable bonds is 7. The van der Waals surface area contributed by atoms with E-state index in [2.05, 4.69) is 38.0 Å². The predicted octanol–water partition coefficient (Wildman–Crippen LogP) is 4.21. The van der Waals surface area contributed by atoms with Gasteiger partial charge in [0.1, 0.15) is 0 Å². The van der Waals surface area contributed by atoms with E-state index >= 15 is 0 Å². The quantitative estimate of drug-likeness (QED) is 0.692. The maximum Gasteiger partial charge on any atom is 0.00811 e. The Labute approximate surface area is 117 Å². The number of thiol groups is 1.